The van der Waals surface area contributed by atoms with Gasteiger partial charge in [-0.25, -0.2) is 14.5 Å². The fraction of sp³-hybridized carbons (Fsp3) is 0. The summed E-state index contributed by atoms with van der Waals surface area (Å²) < 4.78 is 19.3. The lowest BCUT2D eigenvalue weighted by molar-refractivity contribution is -0.536. The van der Waals surface area contributed by atoms with Crippen molar-refractivity contribution in [1.29, 1.82) is 0 Å². The van der Waals surface area contributed by atoms with Crippen LogP contribution in [0, 0.1) is 0 Å². The van der Waals surface area contributed by atoms with Crippen molar-refractivity contribution < 1.29 is 8.79 Å². The van der Waals surface area contributed by atoms with Crippen molar-refractivity contribution in [3.05, 3.63) is 169 Å². The molecule has 0 saturated carbocycles. The second-order valence-electron chi connectivity index (χ2n) is 13.3. The predicted octanol–water partition coefficient (Wildman–Crippen LogP) is 9.47. The number of rotatable bonds is 4. The van der Waals surface area contributed by atoms with Gasteiger partial charge in [0.05, 0.1) is 11.6 Å². The molecule has 2 aliphatic rings. The molecule has 3 aromatic heterocycles. The van der Waals surface area contributed by atoms with E-state index in [1.54, 1.807) is 21.3 Å². The van der Waals surface area contributed by atoms with Gasteiger partial charge in [0.25, 0.3) is 0 Å². The van der Waals surface area contributed by atoms with Crippen molar-refractivity contribution in [1.82, 2.24) is 9.46 Å². The van der Waals surface area contributed by atoms with Gasteiger partial charge in [-0.1, -0.05) is 91.0 Å². The summed E-state index contributed by atoms with van der Waals surface area (Å²) in [7, 11) is -1.38. The van der Waals surface area contributed by atoms with Crippen molar-refractivity contribution in [3.8, 4) is 33.4 Å². The quantitative estimate of drug-likeness (QED) is 0.190. The number of halogens is 1. The van der Waals surface area contributed by atoms with E-state index in [0.717, 1.165) is 77.5 Å². The maximum atomic E-state index is 16.1. The third-order valence-electron chi connectivity index (χ3n) is 10.4. The number of hydrogen-bond acceptors (Lipinski definition) is 3. The zero-order valence-electron chi connectivity index (χ0n) is 27.7. The standard InChI is InChI=1S/C44H27BFN6/c46-45-51-24-4-2-18-40(51)50-44-36-16-8-14-34-32(20-22-38(42(34)36)52(44)45)30-12-6-10-28(26-30)27-9-5-11-29(25-27)31-19-21-37-41-33(31)13-7-15-35(41)43(48-37)49-39-17-1-3-23-47-39/h1-26H,(H,47,48,49)/q+1. The topological polar surface area (TPSA) is 58.5 Å². The van der Waals surface area contributed by atoms with Gasteiger partial charge >= 0.3 is 13.1 Å². The number of nitrogens with zero attached hydrogens (tertiary/aromatic N) is 5. The van der Waals surface area contributed by atoms with Crippen LogP contribution in [0.1, 0.15) is 5.56 Å². The summed E-state index contributed by atoms with van der Waals surface area (Å²) in [5.74, 6) is 2.09. The van der Waals surface area contributed by atoms with Gasteiger partial charge in [-0.05, 0) is 97.7 Å². The van der Waals surface area contributed by atoms with Crippen LogP contribution in [-0.4, -0.2) is 22.6 Å². The number of aromatic nitrogens is 3. The molecule has 6 nitrogen and oxygen atoms in total. The molecule has 0 spiro atoms. The van der Waals surface area contributed by atoms with Gasteiger partial charge in [0.15, 0.2) is 5.82 Å². The molecule has 2 aliphatic heterocycles. The van der Waals surface area contributed by atoms with E-state index in [0.29, 0.717) is 17.1 Å². The van der Waals surface area contributed by atoms with E-state index in [2.05, 4.69) is 101 Å². The van der Waals surface area contributed by atoms with Crippen LogP contribution in [0.3, 0.4) is 0 Å². The minimum atomic E-state index is -1.38. The lowest BCUT2D eigenvalue weighted by Gasteiger charge is -2.12. The van der Waals surface area contributed by atoms with Crippen molar-refractivity contribution >= 4 is 62.9 Å². The molecule has 5 heterocycles. The van der Waals surface area contributed by atoms with Crippen molar-refractivity contribution in [3.63, 3.8) is 0 Å². The Bertz CT molecular complexity index is 3030. The fourth-order valence-electron chi connectivity index (χ4n) is 8.07. The molecule has 0 aliphatic carbocycles. The van der Waals surface area contributed by atoms with E-state index < -0.39 is 7.26 Å². The SMILES string of the molecule is FB1n2c(c3cccc4c(-c5cccc(-c6cccc(-c7ccc8c9c(cccc79)/C(=N/c7ccccn7)N8)c6)c5)ccc2c43)=Nc2cccc[n+]21. The van der Waals surface area contributed by atoms with E-state index in [9.17, 15) is 0 Å². The predicted molar refractivity (Wildman–Crippen MR) is 208 cm³/mol. The van der Waals surface area contributed by atoms with Crippen molar-refractivity contribution in [2.75, 3.05) is 5.32 Å². The second kappa shape index (κ2) is 11.0. The van der Waals surface area contributed by atoms with Crippen LogP contribution < -0.4 is 15.3 Å². The van der Waals surface area contributed by atoms with Crippen LogP contribution in [0.4, 0.5) is 21.6 Å². The Morgan fingerprint density at radius 2 is 1.31 bits per heavy atom. The fourth-order valence-corrected chi connectivity index (χ4v) is 8.07. The Morgan fingerprint density at radius 3 is 2.10 bits per heavy atom. The molecule has 11 rings (SSSR count). The Morgan fingerprint density at radius 1 is 0.615 bits per heavy atom. The molecule has 0 bridgehead atoms. The highest BCUT2D eigenvalue weighted by molar-refractivity contribution is 6.42. The molecule has 9 aromatic rings. The first-order valence-corrected chi connectivity index (χ1v) is 17.3. The highest BCUT2D eigenvalue weighted by atomic mass is 19.1. The van der Waals surface area contributed by atoms with Crippen LogP contribution >= 0.6 is 0 Å². The minimum absolute atomic E-state index is 0.606. The Labute approximate surface area is 298 Å². The Hall–Kier alpha value is -6.93. The highest BCUT2D eigenvalue weighted by Gasteiger charge is 2.39. The number of pyridine rings is 2. The average molecular weight is 670 g/mol. The van der Waals surface area contributed by atoms with E-state index in [4.69, 9.17) is 9.98 Å². The normalized spacial score (nSPS) is 13.8. The van der Waals surface area contributed by atoms with E-state index >= 15 is 4.32 Å². The average Bonchev–Trinajstić information content (AvgIpc) is 3.72. The van der Waals surface area contributed by atoms with Gasteiger partial charge < -0.3 is 5.32 Å². The smallest absolute Gasteiger partial charge is 0.339 e. The second-order valence-corrected chi connectivity index (χ2v) is 13.3. The molecule has 6 aromatic carbocycles. The summed E-state index contributed by atoms with van der Waals surface area (Å²) in [4.78, 5) is 14.1. The molecule has 0 unspecified atom stereocenters. The lowest BCUT2D eigenvalue weighted by atomic mass is 9.92. The molecule has 242 valence electrons. The molecule has 0 saturated heterocycles. The van der Waals surface area contributed by atoms with Gasteiger partial charge in [0, 0.05) is 39.8 Å². The monoisotopic (exact) mass is 669 g/mol. The zero-order valence-corrected chi connectivity index (χ0v) is 27.7. The van der Waals surface area contributed by atoms with E-state index in [1.165, 1.54) is 5.39 Å². The maximum Gasteiger partial charge on any atom is 0.727 e. The van der Waals surface area contributed by atoms with Crippen molar-refractivity contribution in [2.45, 2.75) is 0 Å². The third-order valence-corrected chi connectivity index (χ3v) is 10.4. The number of benzene rings is 6. The molecular formula is C44H27BFN6+. The molecular weight excluding hydrogens is 642 g/mol. The summed E-state index contributed by atoms with van der Waals surface area (Å²) in [6.45, 7) is 0. The molecule has 8 heteroatoms. The van der Waals surface area contributed by atoms with Gasteiger partial charge in [-0.2, -0.15) is 0 Å². The zero-order chi connectivity index (χ0) is 34.3. The van der Waals surface area contributed by atoms with E-state index in [-0.39, 0.29) is 0 Å². The molecule has 52 heavy (non-hydrogen) atoms. The summed E-state index contributed by atoms with van der Waals surface area (Å²) >= 11 is 0. The Kier molecular flexibility index (Phi) is 6.13. The summed E-state index contributed by atoms with van der Waals surface area (Å²) in [6.07, 6.45) is 3.50. The van der Waals surface area contributed by atoms with Crippen LogP contribution in [0.25, 0.3) is 65.8 Å². The van der Waals surface area contributed by atoms with Gasteiger partial charge in [-0.15, -0.1) is 0 Å². The first-order valence-electron chi connectivity index (χ1n) is 17.3. The van der Waals surface area contributed by atoms with Crippen LogP contribution in [0.15, 0.2) is 168 Å². The molecule has 1 N–H and O–H groups in total. The largest absolute Gasteiger partial charge is 0.727 e. The molecule has 0 radical (unpaired) electrons. The summed E-state index contributed by atoms with van der Waals surface area (Å²) in [5, 5.41) is 8.91. The maximum absolute atomic E-state index is 16.1. The van der Waals surface area contributed by atoms with Crippen molar-refractivity contribution in [2.24, 2.45) is 9.98 Å². The van der Waals surface area contributed by atoms with E-state index in [1.807, 2.05) is 54.6 Å². The lowest BCUT2D eigenvalue weighted by Crippen LogP contribution is -2.58. The van der Waals surface area contributed by atoms with Gasteiger partial charge in [-0.3, -0.25) is 8.79 Å². The number of fused-ring (bicyclic) bond motifs is 4. The number of aliphatic imine (C=N–C) groups is 1. The van der Waals surface area contributed by atoms with Gasteiger partial charge in [0.1, 0.15) is 5.84 Å². The Balaban J connectivity index is 1.000. The number of anilines is 1. The van der Waals surface area contributed by atoms with Crippen LogP contribution in [-0.2, 0) is 0 Å². The molecule has 0 amide bonds. The number of hydrogen-bond donors (Lipinski definition) is 1. The molecule has 0 fully saturated rings. The minimum Gasteiger partial charge on any atom is -0.339 e. The number of nitrogens with one attached hydrogen (secondary N) is 1. The first kappa shape index (κ1) is 28.9. The summed E-state index contributed by atoms with van der Waals surface area (Å²) in [6, 6.07) is 49.9. The molecule has 0 atom stereocenters. The van der Waals surface area contributed by atoms with Crippen LogP contribution in [0.5, 0.6) is 0 Å². The van der Waals surface area contributed by atoms with Crippen LogP contribution in [0.2, 0.25) is 0 Å². The third kappa shape index (κ3) is 4.24. The highest BCUT2D eigenvalue weighted by Crippen LogP contribution is 2.41. The summed E-state index contributed by atoms with van der Waals surface area (Å²) in [5.41, 5.74) is 10.4. The number of amidine groups is 1. The first-order chi connectivity index (χ1) is 25.7. The van der Waals surface area contributed by atoms with Gasteiger partial charge in [0.2, 0.25) is 5.49 Å².